The molecule has 0 radical (unpaired) electrons. The third-order valence-electron chi connectivity index (χ3n) is 3.00. The molecule has 34 N–H and O–H groups in total. The summed E-state index contributed by atoms with van der Waals surface area (Å²) in [6, 6.07) is 0. The van der Waals surface area contributed by atoms with Gasteiger partial charge in [-0.2, -0.15) is 0 Å². The zero-order chi connectivity index (χ0) is 22.3. The summed E-state index contributed by atoms with van der Waals surface area (Å²) in [5.41, 5.74) is 0. The average molecular weight is 636 g/mol. The van der Waals surface area contributed by atoms with Crippen molar-refractivity contribution in [2.45, 2.75) is 36.6 Å². The summed E-state index contributed by atoms with van der Waals surface area (Å²) in [6.45, 7) is 0. The summed E-state index contributed by atoms with van der Waals surface area (Å²) >= 11 is 0. The van der Waals surface area contributed by atoms with E-state index in [1.165, 1.54) is 0 Å². The van der Waals surface area contributed by atoms with Crippen molar-refractivity contribution in [3.8, 4) is 0 Å². The Bertz CT molecular complexity index is 632. The van der Waals surface area contributed by atoms with Gasteiger partial charge in [0.25, 0.3) is 0 Å². The van der Waals surface area contributed by atoms with E-state index in [0.717, 1.165) is 0 Å². The molecule has 0 spiro atoms. The van der Waals surface area contributed by atoms with Crippen LogP contribution >= 0.6 is 31.3 Å². The lowest BCUT2D eigenvalue weighted by Crippen LogP contribution is -2.66. The average Bonchev–Trinajstić information content (AvgIpc) is 2.39. The van der Waals surface area contributed by atoms with Gasteiger partial charge in [0, 0.05) is 0 Å². The molecular formula is C6H40N8O18P4. The van der Waals surface area contributed by atoms with Gasteiger partial charge in [-0.15, -0.1) is 0 Å². The summed E-state index contributed by atoms with van der Waals surface area (Å²) in [6.07, 6.45) is -17.6. The van der Waals surface area contributed by atoms with E-state index >= 15 is 0 Å². The fourth-order valence-corrected chi connectivity index (χ4v) is 4.41. The molecule has 26 nitrogen and oxygen atoms in total. The summed E-state index contributed by atoms with van der Waals surface area (Å²) in [4.78, 5) is 86.0. The normalized spacial score (nSPS) is 25.7. The molecular weight excluding hydrogens is 596 g/mol. The zero-order valence-corrected chi connectivity index (χ0v) is 24.3. The van der Waals surface area contributed by atoms with Gasteiger partial charge < -0.3 is 135 Å². The van der Waals surface area contributed by atoms with Gasteiger partial charge in [0.15, 0.2) is 0 Å². The highest BCUT2D eigenvalue weighted by Crippen LogP contribution is 2.46. The number of quaternary nitrogens is 8. The Labute approximate surface area is 203 Å². The lowest BCUT2D eigenvalue weighted by atomic mass is 9.85. The van der Waals surface area contributed by atoms with Crippen molar-refractivity contribution in [2.24, 2.45) is 0 Å². The summed E-state index contributed by atoms with van der Waals surface area (Å²) in [7, 11) is -24.7. The maximum atomic E-state index is 10.7. The molecule has 1 aliphatic rings. The number of phosphoric ester groups is 4. The zero-order valence-electron chi connectivity index (χ0n) is 20.7. The maximum absolute atomic E-state index is 10.7. The number of hydrogen-bond donors (Lipinski definition) is 10. The van der Waals surface area contributed by atoms with Crippen LogP contribution < -0.4 is 88.4 Å². The van der Waals surface area contributed by atoms with Crippen LogP contribution in [0, 0.1) is 0 Å². The molecule has 1 rings (SSSR count). The third-order valence-corrected chi connectivity index (χ3v) is 5.00. The van der Waals surface area contributed by atoms with Gasteiger partial charge in [-0.1, -0.05) is 0 Å². The van der Waals surface area contributed by atoms with Crippen LogP contribution in [0.3, 0.4) is 0 Å². The highest BCUT2D eigenvalue weighted by molar-refractivity contribution is 7.44. The second kappa shape index (κ2) is 19.2. The molecule has 1 aliphatic carbocycles. The van der Waals surface area contributed by atoms with Crippen molar-refractivity contribution >= 4 is 31.3 Å². The predicted molar refractivity (Wildman–Crippen MR) is 110 cm³/mol. The van der Waals surface area contributed by atoms with E-state index in [9.17, 15) is 67.6 Å². The van der Waals surface area contributed by atoms with Crippen molar-refractivity contribution < 1.29 is 85.7 Å². The second-order valence-electron chi connectivity index (χ2n) is 5.05. The Balaban J connectivity index is -0.000000163. The summed E-state index contributed by atoms with van der Waals surface area (Å²) in [5.74, 6) is 0. The molecule has 0 heterocycles. The Morgan fingerprint density at radius 1 is 0.389 bits per heavy atom. The van der Waals surface area contributed by atoms with Crippen LogP contribution in [0.4, 0.5) is 0 Å². The molecule has 0 aromatic carbocycles. The number of aliphatic hydroxyl groups excluding tert-OH is 2. The molecule has 30 heteroatoms. The van der Waals surface area contributed by atoms with E-state index < -0.39 is 67.9 Å². The molecule has 6 atom stereocenters. The Morgan fingerprint density at radius 3 is 0.583 bits per heavy atom. The minimum atomic E-state index is -6.18. The molecule has 0 aliphatic heterocycles. The van der Waals surface area contributed by atoms with Crippen molar-refractivity contribution in [1.82, 2.24) is 49.2 Å². The van der Waals surface area contributed by atoms with E-state index in [1.54, 1.807) is 0 Å². The maximum Gasteiger partial charge on any atom is 0.120 e. The molecule has 0 aromatic rings. The molecule has 1 saturated carbocycles. The number of aliphatic hydroxyl groups is 2. The van der Waals surface area contributed by atoms with Gasteiger partial charge in [-0.3, -0.25) is 0 Å². The molecule has 2 unspecified atom stereocenters. The first-order valence-electron chi connectivity index (χ1n) is 6.38. The van der Waals surface area contributed by atoms with Crippen LogP contribution in [0.5, 0.6) is 0 Å². The van der Waals surface area contributed by atoms with Crippen LogP contribution in [0.1, 0.15) is 0 Å². The minimum absolute atomic E-state index is 0. The summed E-state index contributed by atoms with van der Waals surface area (Å²) < 4.78 is 57.8. The Kier molecular flexibility index (Phi) is 29.9. The molecule has 0 saturated heterocycles. The van der Waals surface area contributed by atoms with Gasteiger partial charge in [-0.25, -0.2) is 0 Å². The molecule has 1 fully saturated rings. The number of phosphoric acid groups is 4. The van der Waals surface area contributed by atoms with E-state index in [2.05, 4.69) is 18.1 Å². The topological polar surface area (TPSA) is 622 Å². The first-order chi connectivity index (χ1) is 12.2. The summed E-state index contributed by atoms with van der Waals surface area (Å²) in [5, 5.41) is 19.8. The van der Waals surface area contributed by atoms with Gasteiger partial charge >= 0.3 is 0 Å². The lowest BCUT2D eigenvalue weighted by molar-refractivity contribution is -0.378. The quantitative estimate of drug-likeness (QED) is 0.111. The highest BCUT2D eigenvalue weighted by atomic mass is 31.2. The Morgan fingerprint density at radius 2 is 0.500 bits per heavy atom. The fourth-order valence-electron chi connectivity index (χ4n) is 2.24. The van der Waals surface area contributed by atoms with E-state index in [0.29, 0.717) is 0 Å². The molecule has 0 amide bonds. The van der Waals surface area contributed by atoms with Crippen molar-refractivity contribution in [3.05, 3.63) is 0 Å². The van der Waals surface area contributed by atoms with Gasteiger partial charge in [0.1, 0.15) is 36.6 Å². The second-order valence-corrected chi connectivity index (χ2v) is 9.47. The fraction of sp³-hybridized carbons (Fsp3) is 1.00. The van der Waals surface area contributed by atoms with Crippen molar-refractivity contribution in [1.29, 1.82) is 0 Å². The van der Waals surface area contributed by atoms with Gasteiger partial charge in [-0.05, 0) is 0 Å². The predicted octanol–water partition coefficient (Wildman–Crippen LogP) is -5.41. The monoisotopic (exact) mass is 636 g/mol. The SMILES string of the molecule is O=P([O-])([O-])O[C@@H]1C(O)[C@H](OP(=O)([O-])[O-])[C@@H](OP(=O)([O-])[O-])C(O)[C@H]1OP(=O)([O-])[O-].[NH4+].[NH4+].[NH4+].[NH4+].[NH4+].[NH4+].[NH4+].[NH4+]. The van der Waals surface area contributed by atoms with Crippen LogP contribution in [0.25, 0.3) is 0 Å². The molecule has 232 valence electrons. The molecule has 0 bridgehead atoms. The molecule has 36 heavy (non-hydrogen) atoms. The van der Waals surface area contributed by atoms with E-state index in [4.69, 9.17) is 0 Å². The van der Waals surface area contributed by atoms with E-state index in [-0.39, 0.29) is 49.2 Å². The number of rotatable bonds is 8. The first kappa shape index (κ1) is 56.3. The number of hydrogen-bond acceptors (Lipinski definition) is 18. The van der Waals surface area contributed by atoms with Gasteiger partial charge in [0.2, 0.25) is 0 Å². The Hall–Kier alpha value is 0.0400. The van der Waals surface area contributed by atoms with Gasteiger partial charge in [0.05, 0.1) is 31.3 Å². The van der Waals surface area contributed by atoms with Crippen LogP contribution in [-0.2, 0) is 36.4 Å². The lowest BCUT2D eigenvalue weighted by Gasteiger charge is -2.53. The van der Waals surface area contributed by atoms with Crippen LogP contribution in [0.2, 0.25) is 0 Å². The highest BCUT2D eigenvalue weighted by Gasteiger charge is 2.54. The van der Waals surface area contributed by atoms with Crippen LogP contribution in [0.15, 0.2) is 0 Å². The van der Waals surface area contributed by atoms with E-state index in [1.807, 2.05) is 0 Å². The smallest absolute Gasteiger partial charge is 0.120 e. The minimum Gasteiger partial charge on any atom is -0.790 e. The third kappa shape index (κ3) is 19.2. The standard InChI is InChI=1S/C6H16O18P4.8H3N/c7-1-3(21-25(9,10)11)5(23-27(15,16)17)2(8)6(24-28(18,19)20)4(1)22-26(12,13)14;;;;;;;;/h1-8H,(H2,9,10,11)(H2,12,13,14)(H2,15,16,17)(H2,18,19,20);8*1H3/t1?,2?,3-,4+,5-,6+;;;;;;;;. The van der Waals surface area contributed by atoms with Crippen molar-refractivity contribution in [2.75, 3.05) is 0 Å². The van der Waals surface area contributed by atoms with Crippen molar-refractivity contribution in [3.63, 3.8) is 0 Å². The molecule has 0 aromatic heterocycles. The first-order valence-corrected chi connectivity index (χ1v) is 12.2. The van der Waals surface area contributed by atoms with Crippen LogP contribution in [-0.4, -0.2) is 46.8 Å². The largest absolute Gasteiger partial charge is 0.790 e.